The zero-order valence-electron chi connectivity index (χ0n) is 16.6. The Hall–Kier alpha value is -3.33. The number of carbonyl (C=O) groups excluding carboxylic acids is 1. The molecule has 2 heterocycles. The van der Waals surface area contributed by atoms with E-state index in [1.165, 1.54) is 5.01 Å². The lowest BCUT2D eigenvalue weighted by atomic mass is 9.97. The molecule has 1 N–H and O–H groups in total. The van der Waals surface area contributed by atoms with Crippen LogP contribution >= 0.6 is 0 Å². The van der Waals surface area contributed by atoms with E-state index >= 15 is 0 Å². The highest BCUT2D eigenvalue weighted by molar-refractivity contribution is 7.92. The van der Waals surface area contributed by atoms with Gasteiger partial charge in [0, 0.05) is 30.9 Å². The molecule has 3 aromatic rings. The van der Waals surface area contributed by atoms with Crippen LogP contribution in [0.1, 0.15) is 36.9 Å². The van der Waals surface area contributed by atoms with Gasteiger partial charge in [0.1, 0.15) is 0 Å². The summed E-state index contributed by atoms with van der Waals surface area (Å²) in [5.74, 6) is -0.0652. The van der Waals surface area contributed by atoms with E-state index in [1.807, 2.05) is 25.1 Å². The number of carbonyl (C=O) groups is 1. The number of amides is 1. The number of benzene rings is 2. The van der Waals surface area contributed by atoms with Gasteiger partial charge in [-0.25, -0.2) is 13.4 Å². The average Bonchev–Trinajstić information content (AvgIpc) is 3.17. The highest BCUT2D eigenvalue weighted by Gasteiger charge is 2.32. The monoisotopic (exact) mass is 423 g/mol. The molecule has 0 fully saturated rings. The maximum absolute atomic E-state index is 12.6. The second-order valence-electron chi connectivity index (χ2n) is 7.11. The second-order valence-corrected chi connectivity index (χ2v) is 8.86. The molecule has 0 unspecified atom stereocenters. The van der Waals surface area contributed by atoms with Gasteiger partial charge in [0.05, 0.1) is 29.0 Å². The second kappa shape index (κ2) is 7.83. The molecule has 0 saturated carbocycles. The summed E-state index contributed by atoms with van der Waals surface area (Å²) >= 11 is 0. The summed E-state index contributed by atoms with van der Waals surface area (Å²) in [6, 6.07) is 12.5. The molecule has 30 heavy (non-hydrogen) atoms. The molecule has 9 heteroatoms. The Kier molecular flexibility index (Phi) is 5.21. The van der Waals surface area contributed by atoms with Crippen molar-refractivity contribution in [1.29, 1.82) is 0 Å². The first-order valence-corrected chi connectivity index (χ1v) is 11.4. The first-order valence-electron chi connectivity index (χ1n) is 9.52. The number of fused-ring (bicyclic) bond motifs is 1. The third-order valence-electron chi connectivity index (χ3n) is 4.87. The Balaban J connectivity index is 1.65. The maximum atomic E-state index is 12.6. The van der Waals surface area contributed by atoms with E-state index in [0.717, 1.165) is 34.1 Å². The van der Waals surface area contributed by atoms with E-state index in [1.54, 1.807) is 36.7 Å². The first kappa shape index (κ1) is 20.0. The third kappa shape index (κ3) is 4.16. The van der Waals surface area contributed by atoms with Crippen LogP contribution < -0.4 is 4.72 Å². The van der Waals surface area contributed by atoms with E-state index < -0.39 is 10.0 Å². The van der Waals surface area contributed by atoms with E-state index in [4.69, 9.17) is 0 Å². The lowest BCUT2D eigenvalue weighted by molar-refractivity contribution is -0.132. The molecule has 0 aliphatic carbocycles. The fourth-order valence-electron chi connectivity index (χ4n) is 3.47. The Morgan fingerprint density at radius 1 is 1.10 bits per heavy atom. The number of sulfonamides is 1. The molecule has 154 valence electrons. The molecule has 0 radical (unpaired) electrons. The molecule has 1 aromatic heterocycles. The van der Waals surface area contributed by atoms with Gasteiger partial charge in [0.2, 0.25) is 15.9 Å². The zero-order valence-corrected chi connectivity index (χ0v) is 17.4. The maximum Gasteiger partial charge on any atom is 0.242 e. The fourth-order valence-corrected chi connectivity index (χ4v) is 4.03. The summed E-state index contributed by atoms with van der Waals surface area (Å²) in [4.78, 5) is 21.2. The van der Waals surface area contributed by atoms with Gasteiger partial charge in [0.25, 0.3) is 0 Å². The average molecular weight is 423 g/mol. The predicted molar refractivity (Wildman–Crippen MR) is 115 cm³/mol. The van der Waals surface area contributed by atoms with Crippen LogP contribution in [0.2, 0.25) is 0 Å². The van der Waals surface area contributed by atoms with Crippen LogP contribution in [0, 0.1) is 0 Å². The van der Waals surface area contributed by atoms with Crippen LogP contribution in [0.3, 0.4) is 0 Å². The van der Waals surface area contributed by atoms with Gasteiger partial charge < -0.3 is 0 Å². The van der Waals surface area contributed by atoms with Crippen molar-refractivity contribution >= 4 is 38.4 Å². The summed E-state index contributed by atoms with van der Waals surface area (Å²) in [5, 5.41) is 6.13. The van der Waals surface area contributed by atoms with Crippen molar-refractivity contribution in [2.45, 2.75) is 25.8 Å². The largest absolute Gasteiger partial charge is 0.284 e. The molecule has 0 spiro atoms. The van der Waals surface area contributed by atoms with E-state index in [9.17, 15) is 13.2 Å². The topological polar surface area (TPSA) is 105 Å². The van der Waals surface area contributed by atoms with Crippen LogP contribution in [0.5, 0.6) is 0 Å². The number of aromatic nitrogens is 2. The Morgan fingerprint density at radius 2 is 1.80 bits per heavy atom. The van der Waals surface area contributed by atoms with Crippen molar-refractivity contribution in [3.05, 3.63) is 66.0 Å². The summed E-state index contributed by atoms with van der Waals surface area (Å²) < 4.78 is 25.2. The summed E-state index contributed by atoms with van der Waals surface area (Å²) in [7, 11) is -3.34. The van der Waals surface area contributed by atoms with E-state index in [0.29, 0.717) is 18.5 Å². The van der Waals surface area contributed by atoms with Gasteiger partial charge in [-0.2, -0.15) is 5.10 Å². The van der Waals surface area contributed by atoms with E-state index in [-0.39, 0.29) is 11.9 Å². The van der Waals surface area contributed by atoms with Crippen LogP contribution in [0.25, 0.3) is 11.0 Å². The SMILES string of the molecule is CCC(=O)N1N=C(c2ccc(NS(C)(=O)=O)cc2)C[C@H]1c1ccc2nccnc2c1. The van der Waals surface area contributed by atoms with Gasteiger partial charge in [-0.15, -0.1) is 0 Å². The molecule has 0 saturated heterocycles. The summed E-state index contributed by atoms with van der Waals surface area (Å²) in [6.45, 7) is 1.81. The quantitative estimate of drug-likeness (QED) is 0.679. The van der Waals surface area contributed by atoms with E-state index in [2.05, 4.69) is 19.8 Å². The van der Waals surface area contributed by atoms with Crippen LogP contribution in [0.15, 0.2) is 60.0 Å². The molecule has 1 amide bonds. The van der Waals surface area contributed by atoms with Crippen molar-refractivity contribution in [3.8, 4) is 0 Å². The molecule has 2 aromatic carbocycles. The van der Waals surface area contributed by atoms with Crippen molar-refractivity contribution in [2.75, 3.05) is 11.0 Å². The lowest BCUT2D eigenvalue weighted by Gasteiger charge is -2.21. The minimum atomic E-state index is -3.34. The lowest BCUT2D eigenvalue weighted by Crippen LogP contribution is -2.26. The third-order valence-corrected chi connectivity index (χ3v) is 5.47. The molecule has 1 aliphatic rings. The number of nitrogens with one attached hydrogen (secondary N) is 1. The van der Waals surface area contributed by atoms with Gasteiger partial charge in [-0.1, -0.05) is 25.1 Å². The standard InChI is InChI=1S/C21H21N5O3S/c1-3-21(27)26-20(15-6-9-17-19(12-15)23-11-10-22-17)13-18(24-26)14-4-7-16(8-5-14)25-30(2,28)29/h4-12,20,25H,3,13H2,1-2H3/t20-/m0/s1. The number of nitrogens with zero attached hydrogens (tertiary/aromatic N) is 4. The summed E-state index contributed by atoms with van der Waals surface area (Å²) in [6.07, 6.45) is 5.29. The number of anilines is 1. The Morgan fingerprint density at radius 3 is 2.47 bits per heavy atom. The zero-order chi connectivity index (χ0) is 21.3. The number of rotatable bonds is 5. The molecule has 1 atom stereocenters. The number of hydrazone groups is 1. The molecular weight excluding hydrogens is 402 g/mol. The molecule has 1 aliphatic heterocycles. The van der Waals surface area contributed by atoms with Gasteiger partial charge in [-0.05, 0) is 35.4 Å². The first-order chi connectivity index (χ1) is 14.3. The van der Waals surface area contributed by atoms with Gasteiger partial charge >= 0.3 is 0 Å². The van der Waals surface area contributed by atoms with Crippen molar-refractivity contribution < 1.29 is 13.2 Å². The smallest absolute Gasteiger partial charge is 0.242 e. The predicted octanol–water partition coefficient (Wildman–Crippen LogP) is 3.09. The molecule has 0 bridgehead atoms. The molecular formula is C21H21N5O3S. The van der Waals surface area contributed by atoms with Crippen molar-refractivity contribution in [1.82, 2.24) is 15.0 Å². The highest BCUT2D eigenvalue weighted by atomic mass is 32.2. The van der Waals surface area contributed by atoms with Crippen LogP contribution in [-0.4, -0.2) is 41.3 Å². The number of hydrogen-bond donors (Lipinski definition) is 1. The van der Waals surface area contributed by atoms with Crippen molar-refractivity contribution in [2.24, 2.45) is 5.10 Å². The Labute approximate surface area is 174 Å². The van der Waals surface area contributed by atoms with Crippen LogP contribution in [-0.2, 0) is 14.8 Å². The minimum absolute atomic E-state index is 0.0652. The normalized spacial score (nSPS) is 16.5. The van der Waals surface area contributed by atoms with Crippen LogP contribution in [0.4, 0.5) is 5.69 Å². The Bertz CT molecular complexity index is 1240. The van der Waals surface area contributed by atoms with Gasteiger partial charge in [0.15, 0.2) is 0 Å². The molecule has 4 rings (SSSR count). The summed E-state index contributed by atoms with van der Waals surface area (Å²) in [5.41, 5.74) is 4.59. The molecule has 8 nitrogen and oxygen atoms in total. The fraction of sp³-hybridized carbons (Fsp3) is 0.238. The minimum Gasteiger partial charge on any atom is -0.284 e. The highest BCUT2D eigenvalue weighted by Crippen LogP contribution is 2.34. The number of hydrogen-bond acceptors (Lipinski definition) is 6. The van der Waals surface area contributed by atoms with Gasteiger partial charge in [-0.3, -0.25) is 19.5 Å². The van der Waals surface area contributed by atoms with Crippen molar-refractivity contribution in [3.63, 3.8) is 0 Å².